The maximum Gasteiger partial charge on any atom is 0.290 e. The van der Waals surface area contributed by atoms with Crippen molar-refractivity contribution >= 4 is 57.0 Å². The van der Waals surface area contributed by atoms with E-state index in [1.165, 1.54) is 50.3 Å². The van der Waals surface area contributed by atoms with Gasteiger partial charge in [-0.25, -0.2) is 0 Å². The van der Waals surface area contributed by atoms with Gasteiger partial charge in [0.25, 0.3) is 12.4 Å². The van der Waals surface area contributed by atoms with Crippen molar-refractivity contribution in [3.05, 3.63) is 23.9 Å². The number of hydrogen-bond donors (Lipinski definition) is 4. The molecule has 3 aliphatic heterocycles. The third-order valence-electron chi connectivity index (χ3n) is 6.17. The predicted molar refractivity (Wildman–Crippen MR) is 126 cm³/mol. The van der Waals surface area contributed by atoms with E-state index in [0.717, 1.165) is 34.8 Å². The number of fused-ring (bicyclic) bond motifs is 4. The second kappa shape index (κ2) is 9.88. The summed E-state index contributed by atoms with van der Waals surface area (Å²) >= 11 is 6.73. The van der Waals surface area contributed by atoms with Gasteiger partial charge < -0.3 is 26.0 Å². The van der Waals surface area contributed by atoms with Gasteiger partial charge in [0, 0.05) is 30.2 Å². The number of aromatic nitrogens is 1. The summed E-state index contributed by atoms with van der Waals surface area (Å²) in [5.74, 6) is 1.34. The van der Waals surface area contributed by atoms with Gasteiger partial charge in [-0.15, -0.1) is 0 Å². The van der Waals surface area contributed by atoms with Crippen LogP contribution in [0.2, 0.25) is 0 Å². The summed E-state index contributed by atoms with van der Waals surface area (Å²) in [7, 11) is 0. The van der Waals surface area contributed by atoms with Crippen LogP contribution in [0, 0.1) is 11.8 Å². The van der Waals surface area contributed by atoms with Gasteiger partial charge in [-0.2, -0.15) is 4.37 Å². The molecule has 1 atom stereocenters. The van der Waals surface area contributed by atoms with Crippen LogP contribution in [0.15, 0.2) is 18.2 Å². The number of carbonyl (C=O) groups is 2. The second-order valence-corrected chi connectivity index (χ2v) is 9.56. The summed E-state index contributed by atoms with van der Waals surface area (Å²) in [4.78, 5) is 23.7. The number of carboxylic acid groups (broad SMARTS) is 1. The number of benzene rings is 1. The monoisotopic (exact) mass is 461 g/mol. The molecule has 166 valence electrons. The normalized spacial score (nSPS) is 24.1. The summed E-state index contributed by atoms with van der Waals surface area (Å²) in [6.45, 7) is 4.00. The molecule has 2 bridgehead atoms. The molecule has 31 heavy (non-hydrogen) atoms. The second-order valence-electron chi connectivity index (χ2n) is 8.34. The van der Waals surface area contributed by atoms with Gasteiger partial charge in [0.15, 0.2) is 5.11 Å². The Hall–Kier alpha value is -2.30. The Kier molecular flexibility index (Phi) is 6.99. The van der Waals surface area contributed by atoms with E-state index in [0.29, 0.717) is 16.7 Å². The average Bonchev–Trinajstić information content (AvgIpc) is 3.51. The average molecular weight is 462 g/mol. The summed E-state index contributed by atoms with van der Waals surface area (Å²) in [6.07, 6.45) is 4.97. The van der Waals surface area contributed by atoms with Gasteiger partial charge in [-0.05, 0) is 92.6 Å². The van der Waals surface area contributed by atoms with Gasteiger partial charge in [-0.3, -0.25) is 9.59 Å². The number of rotatable bonds is 5. The Morgan fingerprint density at radius 3 is 2.68 bits per heavy atom. The minimum Gasteiger partial charge on any atom is -0.483 e. The van der Waals surface area contributed by atoms with E-state index in [-0.39, 0.29) is 18.4 Å². The van der Waals surface area contributed by atoms with Crippen molar-refractivity contribution in [2.24, 2.45) is 11.8 Å². The first-order valence-corrected chi connectivity index (χ1v) is 11.8. The number of piperidine rings is 3. The molecule has 0 spiro atoms. The molecule has 1 aliphatic carbocycles. The van der Waals surface area contributed by atoms with E-state index < -0.39 is 0 Å². The van der Waals surface area contributed by atoms with Crippen molar-refractivity contribution < 1.29 is 14.7 Å². The molecular formula is C21H27N5O3S2. The minimum atomic E-state index is -0.250. The summed E-state index contributed by atoms with van der Waals surface area (Å²) in [5.41, 5.74) is 1.46. The van der Waals surface area contributed by atoms with Gasteiger partial charge in [0.2, 0.25) is 0 Å². The lowest BCUT2D eigenvalue weighted by Crippen LogP contribution is -2.57. The zero-order valence-corrected chi connectivity index (χ0v) is 18.8. The molecule has 2 aromatic rings. The molecule has 1 aromatic carbocycles. The van der Waals surface area contributed by atoms with E-state index in [1.54, 1.807) is 0 Å². The fourth-order valence-electron chi connectivity index (χ4n) is 4.28. The number of amides is 1. The molecule has 10 heteroatoms. The van der Waals surface area contributed by atoms with Crippen LogP contribution in [0.4, 0.5) is 5.69 Å². The molecule has 1 aromatic heterocycles. The lowest BCUT2D eigenvalue weighted by atomic mass is 9.84. The first kappa shape index (κ1) is 21.9. The van der Waals surface area contributed by atoms with Crippen molar-refractivity contribution in [1.82, 2.24) is 19.9 Å². The van der Waals surface area contributed by atoms with E-state index in [2.05, 4.69) is 25.2 Å². The topological polar surface area (TPSA) is 107 Å². The summed E-state index contributed by atoms with van der Waals surface area (Å²) < 4.78 is 5.45. The lowest BCUT2D eigenvalue weighted by molar-refractivity contribution is -0.122. The van der Waals surface area contributed by atoms with Crippen molar-refractivity contribution in [3.63, 3.8) is 0 Å². The SMILES string of the molecule is O=C(N[C@@H]1CN2CCC1CC2)c1nsc2cc(NC(=S)NCC3CC3)ccc12.O=CO. The number of hydrogen-bond acceptors (Lipinski definition) is 6. The van der Waals surface area contributed by atoms with Crippen LogP contribution >= 0.6 is 23.8 Å². The Labute approximate surface area is 190 Å². The molecule has 6 rings (SSSR count). The number of nitrogens with zero attached hydrogens (tertiary/aromatic N) is 2. The minimum absolute atomic E-state index is 0.0488. The highest BCUT2D eigenvalue weighted by Crippen LogP contribution is 2.30. The molecule has 1 amide bonds. The number of carbonyl (C=O) groups excluding carboxylic acids is 1. The Balaban J connectivity index is 0.000000730. The maximum absolute atomic E-state index is 12.9. The fourth-order valence-corrected chi connectivity index (χ4v) is 5.29. The highest BCUT2D eigenvalue weighted by molar-refractivity contribution is 7.80. The van der Waals surface area contributed by atoms with Crippen LogP contribution in [-0.4, -0.2) is 64.1 Å². The Morgan fingerprint density at radius 1 is 1.29 bits per heavy atom. The van der Waals surface area contributed by atoms with E-state index in [1.807, 2.05) is 18.2 Å². The first-order chi connectivity index (χ1) is 15.1. The standard InChI is InChI=1S/C20H25N5OS2.CH2O2/c26-19(23-16-11-25-7-5-13(16)6-8-25)18-15-4-3-14(9-17(15)28-24-18)22-20(27)21-10-12-1-2-12;2-1-3/h3-4,9,12-13,16H,1-2,5-8,10-11H2,(H,23,26)(H2,21,22,27);1H,(H,2,3)/t16-;/m1./s1. The molecule has 4 fully saturated rings. The molecule has 1 saturated carbocycles. The zero-order valence-electron chi connectivity index (χ0n) is 17.2. The fraction of sp³-hybridized carbons (Fsp3) is 0.524. The van der Waals surface area contributed by atoms with Gasteiger partial charge in [0.1, 0.15) is 5.69 Å². The molecule has 4 N–H and O–H groups in total. The maximum atomic E-state index is 12.9. The van der Waals surface area contributed by atoms with Crippen molar-refractivity contribution in [2.45, 2.75) is 31.7 Å². The van der Waals surface area contributed by atoms with Crippen LogP contribution in [-0.2, 0) is 4.79 Å². The third kappa shape index (κ3) is 5.50. The molecule has 4 heterocycles. The van der Waals surface area contributed by atoms with Crippen molar-refractivity contribution in [2.75, 3.05) is 31.5 Å². The summed E-state index contributed by atoms with van der Waals surface area (Å²) in [5, 5.41) is 18.2. The first-order valence-electron chi connectivity index (χ1n) is 10.6. The van der Waals surface area contributed by atoms with Gasteiger partial charge in [-0.1, -0.05) is 0 Å². The highest BCUT2D eigenvalue weighted by atomic mass is 32.1. The Morgan fingerprint density at radius 2 is 2.03 bits per heavy atom. The van der Waals surface area contributed by atoms with E-state index in [4.69, 9.17) is 22.1 Å². The van der Waals surface area contributed by atoms with Crippen LogP contribution < -0.4 is 16.0 Å². The van der Waals surface area contributed by atoms with Crippen LogP contribution in [0.1, 0.15) is 36.2 Å². The van der Waals surface area contributed by atoms with E-state index in [9.17, 15) is 4.79 Å². The Bertz CT molecular complexity index is 954. The lowest BCUT2D eigenvalue weighted by Gasteiger charge is -2.44. The predicted octanol–water partition coefficient (Wildman–Crippen LogP) is 2.52. The highest BCUT2D eigenvalue weighted by Gasteiger charge is 2.35. The number of thiocarbonyl (C=S) groups is 1. The molecule has 3 saturated heterocycles. The van der Waals surface area contributed by atoms with E-state index >= 15 is 0 Å². The van der Waals surface area contributed by atoms with Crippen molar-refractivity contribution in [1.29, 1.82) is 0 Å². The molecule has 0 radical (unpaired) electrons. The van der Waals surface area contributed by atoms with Crippen LogP contribution in [0.3, 0.4) is 0 Å². The smallest absolute Gasteiger partial charge is 0.290 e. The number of nitrogens with one attached hydrogen (secondary N) is 3. The molecule has 0 unspecified atom stereocenters. The van der Waals surface area contributed by atoms with Gasteiger partial charge >= 0.3 is 0 Å². The number of anilines is 1. The largest absolute Gasteiger partial charge is 0.483 e. The zero-order chi connectivity index (χ0) is 21.8. The van der Waals surface area contributed by atoms with Crippen LogP contribution in [0.25, 0.3) is 10.1 Å². The molecule has 4 aliphatic rings. The van der Waals surface area contributed by atoms with Crippen molar-refractivity contribution in [3.8, 4) is 0 Å². The third-order valence-corrected chi connectivity index (χ3v) is 7.22. The molecule has 8 nitrogen and oxygen atoms in total. The van der Waals surface area contributed by atoms with Gasteiger partial charge in [0.05, 0.1) is 4.70 Å². The summed E-state index contributed by atoms with van der Waals surface area (Å²) in [6, 6.07) is 6.20. The molecular weight excluding hydrogens is 434 g/mol. The quantitative estimate of drug-likeness (QED) is 0.398. The van der Waals surface area contributed by atoms with Crippen LogP contribution in [0.5, 0.6) is 0 Å².